The van der Waals surface area contributed by atoms with E-state index in [1.165, 1.54) is 0 Å². The van der Waals surface area contributed by atoms with Crippen molar-refractivity contribution in [1.29, 1.82) is 0 Å². The zero-order chi connectivity index (χ0) is 19.9. The van der Waals surface area contributed by atoms with Gasteiger partial charge in [-0.15, -0.1) is 4.33 Å². The molecule has 0 saturated carbocycles. The molecule has 1 fully saturated rings. The second kappa shape index (κ2) is 12.0. The molecule has 1 heterocycles. The first-order valence-corrected chi connectivity index (χ1v) is 10.2. The van der Waals surface area contributed by atoms with E-state index in [0.29, 0.717) is 0 Å². The van der Waals surface area contributed by atoms with Gasteiger partial charge in [0, 0.05) is 10.9 Å². The van der Waals surface area contributed by atoms with E-state index < -0.39 is 65.5 Å². The lowest BCUT2D eigenvalue weighted by Crippen LogP contribution is -2.52. The summed E-state index contributed by atoms with van der Waals surface area (Å²) in [5.41, 5.74) is 0. The molecule has 9 atom stereocenters. The largest absolute Gasteiger partial charge is 0.691 e. The van der Waals surface area contributed by atoms with Crippen LogP contribution in [0.3, 0.4) is 0 Å². The number of aliphatic hydroxyl groups excluding tert-OH is 7. The molecule has 26 heavy (non-hydrogen) atoms. The minimum absolute atomic E-state index is 0.0278. The fourth-order valence-corrected chi connectivity index (χ4v) is 5.76. The van der Waals surface area contributed by atoms with Crippen LogP contribution in [0, 0.1) is 0 Å². The first-order valence-electron chi connectivity index (χ1n) is 7.92. The van der Waals surface area contributed by atoms with Crippen LogP contribution in [0.2, 0.25) is 0 Å². The highest BCUT2D eigenvalue weighted by molar-refractivity contribution is 7.97. The van der Waals surface area contributed by atoms with Gasteiger partial charge in [-0.3, -0.25) is 9.22 Å². The van der Waals surface area contributed by atoms with Gasteiger partial charge >= 0.3 is 0 Å². The summed E-state index contributed by atoms with van der Waals surface area (Å²) in [7, 11) is -0.804. The maximum Gasteiger partial charge on any atom is 0.194 e. The molecule has 156 valence electrons. The Kier molecular flexibility index (Phi) is 11.2. The van der Waals surface area contributed by atoms with Crippen LogP contribution in [-0.4, -0.2) is 102 Å². The van der Waals surface area contributed by atoms with Gasteiger partial charge in [-0.25, -0.2) is 0 Å². The van der Waals surface area contributed by atoms with E-state index in [9.17, 15) is 41.0 Å². The van der Waals surface area contributed by atoms with Crippen molar-refractivity contribution < 1.29 is 54.6 Å². The third kappa shape index (κ3) is 6.41. The SMILES string of the molecule is CCC(O)C(O)C(O)C(OSOO[O-])C(O)C[S+]1C[C@@H](O)[C@H](O)[C@H]1CO. The van der Waals surface area contributed by atoms with E-state index >= 15 is 0 Å². The van der Waals surface area contributed by atoms with Crippen LogP contribution in [0.5, 0.6) is 0 Å². The molecule has 6 unspecified atom stereocenters. The highest BCUT2D eigenvalue weighted by Crippen LogP contribution is 2.27. The van der Waals surface area contributed by atoms with E-state index in [0.717, 1.165) is 0 Å². The summed E-state index contributed by atoms with van der Waals surface area (Å²) in [6, 6.07) is 0. The van der Waals surface area contributed by atoms with E-state index in [4.69, 9.17) is 4.18 Å². The van der Waals surface area contributed by atoms with Crippen LogP contribution in [0.25, 0.3) is 0 Å². The van der Waals surface area contributed by atoms with E-state index in [2.05, 4.69) is 9.37 Å². The highest BCUT2D eigenvalue weighted by atomic mass is 32.2. The summed E-state index contributed by atoms with van der Waals surface area (Å²) in [6.07, 6.45) is -9.66. The van der Waals surface area contributed by atoms with Crippen molar-refractivity contribution in [2.75, 3.05) is 18.1 Å². The van der Waals surface area contributed by atoms with Gasteiger partial charge in [0.15, 0.2) is 17.6 Å². The van der Waals surface area contributed by atoms with Crippen molar-refractivity contribution in [2.24, 2.45) is 0 Å². The van der Waals surface area contributed by atoms with Gasteiger partial charge in [-0.2, -0.15) is 0 Å². The number of hydrogen-bond acceptors (Lipinski definition) is 12. The minimum Gasteiger partial charge on any atom is -0.691 e. The Hall–Kier alpha value is 0.260. The molecule has 0 aromatic rings. The van der Waals surface area contributed by atoms with Crippen molar-refractivity contribution in [3.63, 3.8) is 0 Å². The normalized spacial score (nSPS) is 32.2. The van der Waals surface area contributed by atoms with Crippen molar-refractivity contribution in [1.82, 2.24) is 0 Å². The lowest BCUT2D eigenvalue weighted by atomic mass is 9.99. The second-order valence-electron chi connectivity index (χ2n) is 5.94. The fraction of sp³-hybridized carbons (Fsp3) is 1.00. The smallest absolute Gasteiger partial charge is 0.194 e. The van der Waals surface area contributed by atoms with Crippen molar-refractivity contribution >= 4 is 23.2 Å². The van der Waals surface area contributed by atoms with Gasteiger partial charge in [-0.1, -0.05) is 6.92 Å². The standard InChI is InChI=1S/C13H26O11S2/c1-2-6(15)11(19)12(20)13(22-25-24-23-21)8(17)5-26-4-7(16)10(18)9(26)3-14/h6-20H,2-5H2,1H3/t6?,7-,8?,9-,10+,11?,12?,13?,26?/m1/s1. The summed E-state index contributed by atoms with van der Waals surface area (Å²) in [5, 5.41) is 81.5. The summed E-state index contributed by atoms with van der Waals surface area (Å²) < 4.78 is 8.90. The topological polar surface area (TPSA) is 192 Å². The maximum atomic E-state index is 10.4. The minimum atomic E-state index is -1.74. The molecular weight excluding hydrogens is 396 g/mol. The van der Waals surface area contributed by atoms with E-state index in [1.807, 2.05) is 0 Å². The average molecular weight is 422 g/mol. The molecule has 0 aromatic heterocycles. The molecule has 1 rings (SSSR count). The molecule has 1 aliphatic rings. The number of aliphatic hydroxyl groups is 7. The van der Waals surface area contributed by atoms with Gasteiger partial charge in [0.25, 0.3) is 0 Å². The van der Waals surface area contributed by atoms with Crippen LogP contribution in [0.1, 0.15) is 13.3 Å². The van der Waals surface area contributed by atoms with Gasteiger partial charge in [-0.05, 0) is 6.42 Å². The third-order valence-corrected chi connectivity index (χ3v) is 7.47. The Balaban J connectivity index is 2.81. The fourth-order valence-electron chi connectivity index (χ4n) is 2.69. The summed E-state index contributed by atoms with van der Waals surface area (Å²) in [5.74, 6) is 0.0640. The first-order chi connectivity index (χ1) is 12.3. The Labute approximate surface area is 157 Å². The highest BCUT2D eigenvalue weighted by Gasteiger charge is 2.51. The Morgan fingerprint density at radius 3 is 2.35 bits per heavy atom. The molecule has 0 spiro atoms. The van der Waals surface area contributed by atoms with Gasteiger partial charge < -0.3 is 41.0 Å². The molecule has 13 heteroatoms. The van der Waals surface area contributed by atoms with Gasteiger partial charge in [0.1, 0.15) is 48.1 Å². The summed E-state index contributed by atoms with van der Waals surface area (Å²) in [4.78, 5) is 0. The number of hydrogen-bond donors (Lipinski definition) is 7. The lowest BCUT2D eigenvalue weighted by Gasteiger charge is -2.30. The van der Waals surface area contributed by atoms with Crippen LogP contribution in [-0.2, 0) is 24.5 Å². The third-order valence-electron chi connectivity index (χ3n) is 4.24. The van der Waals surface area contributed by atoms with E-state index in [1.54, 1.807) is 6.92 Å². The Morgan fingerprint density at radius 1 is 1.15 bits per heavy atom. The van der Waals surface area contributed by atoms with Crippen molar-refractivity contribution in [2.45, 2.75) is 61.3 Å². The molecule has 1 aliphatic heterocycles. The zero-order valence-corrected chi connectivity index (χ0v) is 15.7. The molecule has 0 amide bonds. The Bertz CT molecular complexity index is 393. The lowest BCUT2D eigenvalue weighted by molar-refractivity contribution is -0.777. The van der Waals surface area contributed by atoms with Crippen LogP contribution in [0.4, 0.5) is 0 Å². The summed E-state index contributed by atoms with van der Waals surface area (Å²) >= 11 is 0.0278. The van der Waals surface area contributed by atoms with Gasteiger partial charge in [0.05, 0.1) is 12.7 Å². The van der Waals surface area contributed by atoms with Crippen LogP contribution in [0.15, 0.2) is 0 Å². The quantitative estimate of drug-likeness (QED) is 0.0527. The predicted molar refractivity (Wildman–Crippen MR) is 88.9 cm³/mol. The molecule has 0 aromatic carbocycles. The van der Waals surface area contributed by atoms with Crippen LogP contribution >= 0.6 is 12.3 Å². The molecular formula is C13H26O11S2. The van der Waals surface area contributed by atoms with E-state index in [-0.39, 0.29) is 30.3 Å². The monoisotopic (exact) mass is 422 g/mol. The molecule has 11 nitrogen and oxygen atoms in total. The molecule has 0 bridgehead atoms. The average Bonchev–Trinajstić information content (AvgIpc) is 2.89. The van der Waals surface area contributed by atoms with Crippen LogP contribution < -0.4 is 5.26 Å². The Morgan fingerprint density at radius 2 is 1.81 bits per heavy atom. The van der Waals surface area contributed by atoms with Crippen molar-refractivity contribution in [3.8, 4) is 0 Å². The maximum absolute atomic E-state index is 10.4. The number of rotatable bonds is 12. The molecule has 1 saturated heterocycles. The summed E-state index contributed by atoms with van der Waals surface area (Å²) in [6.45, 7) is 1.17. The second-order valence-corrected chi connectivity index (χ2v) is 8.75. The zero-order valence-electron chi connectivity index (χ0n) is 14.0. The molecule has 0 radical (unpaired) electrons. The first kappa shape index (κ1) is 24.3. The predicted octanol–water partition coefficient (Wildman–Crippen LogP) is -4.27. The van der Waals surface area contributed by atoms with Crippen molar-refractivity contribution in [3.05, 3.63) is 0 Å². The van der Waals surface area contributed by atoms with Gasteiger partial charge in [0.2, 0.25) is 0 Å². The molecule has 7 N–H and O–H groups in total. The molecule has 0 aliphatic carbocycles.